The fraction of sp³-hybridized carbons (Fsp3) is 0.294. The largest absolute Gasteiger partial charge is 0.544 e. The summed E-state index contributed by atoms with van der Waals surface area (Å²) < 4.78 is 4.24. The van der Waals surface area contributed by atoms with Crippen LogP contribution < -0.4 is 5.11 Å². The van der Waals surface area contributed by atoms with Gasteiger partial charge in [-0.05, 0) is 38.5 Å². The third-order valence-electron chi connectivity index (χ3n) is 2.42. The van der Waals surface area contributed by atoms with Crippen molar-refractivity contribution < 1.29 is 19.7 Å². The predicted molar refractivity (Wildman–Crippen MR) is 84.1 cm³/mol. The Balaban J connectivity index is 0.000000261. The Morgan fingerprint density at radius 3 is 2.59 bits per heavy atom. The van der Waals surface area contributed by atoms with Crippen molar-refractivity contribution in [1.29, 1.82) is 0 Å². The maximum atomic E-state index is 9.68. The lowest BCUT2D eigenvalue weighted by Crippen LogP contribution is -2.32. The van der Waals surface area contributed by atoms with Crippen LogP contribution in [0.5, 0.6) is 0 Å². The zero-order valence-electron chi connectivity index (χ0n) is 12.9. The van der Waals surface area contributed by atoms with E-state index in [9.17, 15) is 9.90 Å². The number of aromatic nitrogens is 1. The topological polar surface area (TPSA) is 82.5 Å². The normalized spacial score (nSPS) is 11.1. The highest BCUT2D eigenvalue weighted by Gasteiger charge is 2.05. The number of aliphatic hydroxyl groups is 1. The number of nitrogens with zero attached hydrogens (tertiary/aromatic N) is 1. The van der Waals surface area contributed by atoms with Crippen molar-refractivity contribution in [3.05, 3.63) is 48.2 Å². The van der Waals surface area contributed by atoms with Crippen molar-refractivity contribution in [2.75, 3.05) is 6.61 Å². The van der Waals surface area contributed by atoms with Gasteiger partial charge in [0.1, 0.15) is 0 Å². The second-order valence-electron chi connectivity index (χ2n) is 5.51. The summed E-state index contributed by atoms with van der Waals surface area (Å²) >= 11 is 0. The quantitative estimate of drug-likeness (QED) is 0.861. The van der Waals surface area contributed by atoms with Crippen molar-refractivity contribution >= 4 is 23.1 Å². The average Bonchev–Trinajstić information content (AvgIpc) is 2.43. The molecule has 0 aliphatic rings. The molecule has 0 amide bonds. The summed E-state index contributed by atoms with van der Waals surface area (Å²) in [4.78, 5) is 14.0. The number of rotatable bonds is 2. The lowest BCUT2D eigenvalue weighted by molar-refractivity contribution is -0.292. The Kier molecular flexibility index (Phi) is 6.53. The highest BCUT2D eigenvalue weighted by molar-refractivity contribution is 5.80. The van der Waals surface area contributed by atoms with Gasteiger partial charge in [0, 0.05) is 17.2 Å². The van der Waals surface area contributed by atoms with E-state index in [0.717, 1.165) is 16.5 Å². The molecule has 5 heteroatoms. The molecule has 0 aliphatic carbocycles. The van der Waals surface area contributed by atoms with Gasteiger partial charge in [-0.1, -0.05) is 30.4 Å². The highest BCUT2D eigenvalue weighted by atomic mass is 16.7. The summed E-state index contributed by atoms with van der Waals surface area (Å²) in [6, 6.07) is 10.0. The molecule has 1 aromatic heterocycles. The summed E-state index contributed by atoms with van der Waals surface area (Å²) in [5.41, 5.74) is 1.37. The van der Waals surface area contributed by atoms with Gasteiger partial charge in [-0.25, -0.2) is 0 Å². The maximum Gasteiger partial charge on any atom is 0.252 e. The average molecular weight is 302 g/mol. The van der Waals surface area contributed by atoms with E-state index >= 15 is 0 Å². The Morgan fingerprint density at radius 2 is 2.05 bits per heavy atom. The first-order chi connectivity index (χ1) is 10.3. The molecule has 0 spiro atoms. The van der Waals surface area contributed by atoms with Gasteiger partial charge in [0.05, 0.1) is 12.1 Å². The maximum absolute atomic E-state index is 9.68. The van der Waals surface area contributed by atoms with Crippen LogP contribution in [0.2, 0.25) is 0 Å². The monoisotopic (exact) mass is 302 g/mol. The molecule has 1 heterocycles. The molecule has 0 saturated carbocycles. The number of hydrogen-bond donors (Lipinski definition) is 1. The van der Waals surface area contributed by atoms with E-state index in [4.69, 9.17) is 5.11 Å². The van der Waals surface area contributed by atoms with Gasteiger partial charge in [0.15, 0.2) is 0 Å². The van der Waals surface area contributed by atoms with Crippen LogP contribution in [0.25, 0.3) is 17.0 Å². The van der Waals surface area contributed by atoms with Crippen LogP contribution in [0, 0.1) is 0 Å². The van der Waals surface area contributed by atoms with Gasteiger partial charge in [0.25, 0.3) is 6.16 Å². The molecular formula is C17H20NO4-. The first-order valence-electron chi connectivity index (χ1n) is 6.84. The molecule has 0 unspecified atom stereocenters. The molecule has 118 valence electrons. The lowest BCUT2D eigenvalue weighted by atomic mass is 10.1. The van der Waals surface area contributed by atoms with Gasteiger partial charge in [-0.15, -0.1) is 0 Å². The summed E-state index contributed by atoms with van der Waals surface area (Å²) in [6.07, 6.45) is 3.89. The minimum atomic E-state index is -1.47. The van der Waals surface area contributed by atoms with E-state index in [1.807, 2.05) is 30.3 Å². The number of benzene rings is 1. The number of carbonyl (C=O) groups is 1. The second kappa shape index (κ2) is 8.14. The van der Waals surface area contributed by atoms with Crippen LogP contribution in [0.1, 0.15) is 26.3 Å². The molecule has 22 heavy (non-hydrogen) atoms. The number of para-hydroxylation sites is 1. The fourth-order valence-electron chi connectivity index (χ4n) is 1.62. The van der Waals surface area contributed by atoms with Crippen LogP contribution >= 0.6 is 0 Å². The van der Waals surface area contributed by atoms with Gasteiger partial charge in [-0.2, -0.15) is 0 Å². The second-order valence-corrected chi connectivity index (χ2v) is 5.51. The Morgan fingerprint density at radius 1 is 1.36 bits per heavy atom. The molecule has 0 fully saturated rings. The molecule has 0 saturated heterocycles. The molecule has 2 rings (SSSR count). The van der Waals surface area contributed by atoms with Gasteiger partial charge >= 0.3 is 0 Å². The minimum Gasteiger partial charge on any atom is -0.544 e. The SMILES string of the molecule is CC(C)(C)OC(=O)[O-].OCC=Cc1cnc2ccccc2c1. The van der Waals surface area contributed by atoms with E-state index in [2.05, 4.69) is 15.8 Å². The minimum absolute atomic E-state index is 0.0623. The van der Waals surface area contributed by atoms with Crippen LogP contribution in [-0.4, -0.2) is 28.5 Å². The summed E-state index contributed by atoms with van der Waals surface area (Å²) in [7, 11) is 0. The Bertz CT molecular complexity index is 644. The van der Waals surface area contributed by atoms with E-state index in [0.29, 0.717) is 0 Å². The van der Waals surface area contributed by atoms with Crippen LogP contribution in [0.3, 0.4) is 0 Å². The predicted octanol–water partition coefficient (Wildman–Crippen LogP) is 2.39. The number of carbonyl (C=O) groups excluding carboxylic acids is 1. The summed E-state index contributed by atoms with van der Waals surface area (Å²) in [6.45, 7) is 4.99. The molecule has 0 aliphatic heterocycles. The van der Waals surface area contributed by atoms with Crippen molar-refractivity contribution in [3.8, 4) is 0 Å². The van der Waals surface area contributed by atoms with E-state index in [1.165, 1.54) is 0 Å². The smallest absolute Gasteiger partial charge is 0.252 e. The summed E-state index contributed by atoms with van der Waals surface area (Å²) in [5, 5.41) is 19.4. The van der Waals surface area contributed by atoms with Crippen molar-refractivity contribution in [2.45, 2.75) is 26.4 Å². The third-order valence-corrected chi connectivity index (χ3v) is 2.42. The Labute approximate surface area is 129 Å². The van der Waals surface area contributed by atoms with Gasteiger partial charge in [-0.3, -0.25) is 4.98 Å². The van der Waals surface area contributed by atoms with Gasteiger partial charge in [0.2, 0.25) is 0 Å². The molecule has 1 N–H and O–H groups in total. The standard InChI is InChI=1S/C12H11NO.C5H10O3/c14-7-3-4-10-8-11-5-1-2-6-12(11)13-9-10;1-5(2,3)8-4(6)7/h1-6,8-9,14H,7H2;1-3H3,(H,6,7)/p-1. The fourth-order valence-corrected chi connectivity index (χ4v) is 1.62. The van der Waals surface area contributed by atoms with Crippen LogP contribution in [-0.2, 0) is 4.74 Å². The number of carboxylic acid groups (broad SMARTS) is 1. The third kappa shape index (κ3) is 6.85. The van der Waals surface area contributed by atoms with Crippen molar-refractivity contribution in [2.24, 2.45) is 0 Å². The van der Waals surface area contributed by atoms with Crippen LogP contribution in [0.4, 0.5) is 4.79 Å². The van der Waals surface area contributed by atoms with E-state index in [1.54, 1.807) is 33.0 Å². The lowest BCUT2D eigenvalue weighted by Gasteiger charge is -2.24. The number of hydrogen-bond acceptors (Lipinski definition) is 5. The van der Waals surface area contributed by atoms with E-state index < -0.39 is 11.8 Å². The molecule has 1 aromatic carbocycles. The highest BCUT2D eigenvalue weighted by Crippen LogP contribution is 2.13. The molecular weight excluding hydrogens is 282 g/mol. The molecule has 5 nitrogen and oxygen atoms in total. The number of ether oxygens (including phenoxy) is 1. The number of aliphatic hydroxyl groups excluding tert-OH is 1. The zero-order chi connectivity index (χ0) is 16.6. The first-order valence-corrected chi connectivity index (χ1v) is 6.84. The summed E-state index contributed by atoms with van der Waals surface area (Å²) in [5.74, 6) is 0. The van der Waals surface area contributed by atoms with Crippen molar-refractivity contribution in [3.63, 3.8) is 0 Å². The molecule has 0 atom stereocenters. The van der Waals surface area contributed by atoms with E-state index in [-0.39, 0.29) is 6.61 Å². The van der Waals surface area contributed by atoms with Crippen molar-refractivity contribution in [1.82, 2.24) is 4.98 Å². The molecule has 2 aromatic rings. The first kappa shape index (κ1) is 17.7. The number of fused-ring (bicyclic) bond motifs is 1. The Hall–Kier alpha value is -2.40. The molecule has 0 radical (unpaired) electrons. The zero-order valence-corrected chi connectivity index (χ0v) is 12.9. The van der Waals surface area contributed by atoms with Gasteiger partial charge < -0.3 is 19.7 Å². The number of pyridine rings is 1. The molecule has 0 bridgehead atoms. The van der Waals surface area contributed by atoms with Crippen LogP contribution in [0.15, 0.2) is 42.6 Å².